The number of unbranched alkanes of at least 4 members (excludes halogenated alkanes) is 1. The summed E-state index contributed by atoms with van der Waals surface area (Å²) in [6.45, 7) is 6.48. The van der Waals surface area contributed by atoms with Crippen LogP contribution in [-0.4, -0.2) is 32.8 Å². The Labute approximate surface area is 169 Å². The Morgan fingerprint density at radius 3 is 2.39 bits per heavy atom. The Hall–Kier alpha value is -2.37. The number of aliphatic imine (C=N–C) groups is 1. The van der Waals surface area contributed by atoms with Crippen LogP contribution in [0.2, 0.25) is 0 Å². The first-order valence-corrected chi connectivity index (χ1v) is 10.0. The average molecular weight is 384 g/mol. The van der Waals surface area contributed by atoms with E-state index in [4.69, 9.17) is 9.47 Å². The molecule has 152 valence electrons. The van der Waals surface area contributed by atoms with Gasteiger partial charge in [0, 0.05) is 33.4 Å². The zero-order valence-corrected chi connectivity index (χ0v) is 17.1. The van der Waals surface area contributed by atoms with E-state index in [1.165, 1.54) is 16.7 Å². The highest BCUT2D eigenvalue weighted by molar-refractivity contribution is 5.79. The maximum Gasteiger partial charge on any atom is 0.191 e. The second kappa shape index (κ2) is 13.7. The molecule has 0 aliphatic rings. The van der Waals surface area contributed by atoms with E-state index in [2.05, 4.69) is 52.0 Å². The van der Waals surface area contributed by atoms with Crippen LogP contribution in [-0.2, 0) is 29.2 Å². The number of rotatable bonds is 12. The van der Waals surface area contributed by atoms with E-state index in [1.54, 1.807) is 7.05 Å². The van der Waals surface area contributed by atoms with Gasteiger partial charge in [-0.2, -0.15) is 0 Å². The minimum absolute atomic E-state index is 0.607. The van der Waals surface area contributed by atoms with Crippen LogP contribution in [0.1, 0.15) is 36.5 Å². The van der Waals surface area contributed by atoms with Crippen LogP contribution in [0.3, 0.4) is 0 Å². The number of hydrogen-bond donors (Lipinski definition) is 2. The molecule has 2 N–H and O–H groups in total. The molecule has 2 rings (SSSR count). The van der Waals surface area contributed by atoms with Gasteiger partial charge in [0.1, 0.15) is 0 Å². The van der Waals surface area contributed by atoms with Gasteiger partial charge >= 0.3 is 0 Å². The predicted octanol–water partition coefficient (Wildman–Crippen LogP) is 3.89. The van der Waals surface area contributed by atoms with Crippen molar-refractivity contribution in [2.75, 3.05) is 26.8 Å². The fourth-order valence-corrected chi connectivity index (χ4v) is 2.78. The molecular weight excluding hydrogens is 350 g/mol. The predicted molar refractivity (Wildman–Crippen MR) is 115 cm³/mol. The molecule has 0 spiro atoms. The molecule has 0 amide bonds. The molecular formula is C23H33N3O2. The monoisotopic (exact) mass is 383 g/mol. The molecule has 2 aromatic rings. The van der Waals surface area contributed by atoms with Gasteiger partial charge in [0.2, 0.25) is 0 Å². The van der Waals surface area contributed by atoms with Crippen molar-refractivity contribution >= 4 is 5.96 Å². The highest BCUT2D eigenvalue weighted by Gasteiger charge is 2.01. The van der Waals surface area contributed by atoms with Gasteiger partial charge < -0.3 is 20.1 Å². The van der Waals surface area contributed by atoms with Crippen molar-refractivity contribution in [3.63, 3.8) is 0 Å². The molecule has 0 fully saturated rings. The topological polar surface area (TPSA) is 54.9 Å². The summed E-state index contributed by atoms with van der Waals surface area (Å²) >= 11 is 0. The van der Waals surface area contributed by atoms with E-state index < -0.39 is 0 Å². The van der Waals surface area contributed by atoms with Crippen molar-refractivity contribution in [1.82, 2.24) is 10.6 Å². The Morgan fingerprint density at radius 1 is 0.857 bits per heavy atom. The van der Waals surface area contributed by atoms with E-state index in [9.17, 15) is 0 Å². The number of nitrogens with zero attached hydrogens (tertiary/aromatic N) is 1. The van der Waals surface area contributed by atoms with E-state index in [-0.39, 0.29) is 0 Å². The van der Waals surface area contributed by atoms with E-state index >= 15 is 0 Å². The molecule has 0 heterocycles. The first kappa shape index (κ1) is 21.9. The highest BCUT2D eigenvalue weighted by atomic mass is 16.5. The molecule has 0 radical (unpaired) electrons. The lowest BCUT2D eigenvalue weighted by Gasteiger charge is -2.12. The molecule has 0 bridgehead atoms. The Balaban J connectivity index is 1.69. The number of hydrogen-bond acceptors (Lipinski definition) is 3. The van der Waals surface area contributed by atoms with Crippen LogP contribution in [0.25, 0.3) is 0 Å². The molecule has 0 saturated heterocycles. The van der Waals surface area contributed by atoms with Gasteiger partial charge in [-0.25, -0.2) is 0 Å². The van der Waals surface area contributed by atoms with Crippen LogP contribution >= 0.6 is 0 Å². The van der Waals surface area contributed by atoms with Crippen LogP contribution in [0.4, 0.5) is 0 Å². The summed E-state index contributed by atoms with van der Waals surface area (Å²) in [5.74, 6) is 0.821. The van der Waals surface area contributed by atoms with Gasteiger partial charge in [-0.1, -0.05) is 54.6 Å². The lowest BCUT2D eigenvalue weighted by molar-refractivity contribution is 0.107. The van der Waals surface area contributed by atoms with Gasteiger partial charge in [-0.15, -0.1) is 0 Å². The summed E-state index contributed by atoms with van der Waals surface area (Å²) in [6, 6.07) is 18.7. The van der Waals surface area contributed by atoms with Crippen molar-refractivity contribution in [2.24, 2.45) is 4.99 Å². The Kier molecular flexibility index (Phi) is 10.8. The van der Waals surface area contributed by atoms with Gasteiger partial charge in [0.25, 0.3) is 0 Å². The summed E-state index contributed by atoms with van der Waals surface area (Å²) in [5, 5.41) is 6.71. The fourth-order valence-electron chi connectivity index (χ4n) is 2.78. The zero-order valence-electron chi connectivity index (χ0n) is 17.1. The first-order valence-electron chi connectivity index (χ1n) is 10.0. The van der Waals surface area contributed by atoms with Crippen molar-refractivity contribution < 1.29 is 9.47 Å². The van der Waals surface area contributed by atoms with Crippen molar-refractivity contribution in [3.05, 3.63) is 71.3 Å². The number of nitrogens with one attached hydrogen (secondary N) is 2. The highest BCUT2D eigenvalue weighted by Crippen LogP contribution is 2.09. The molecule has 0 aliphatic carbocycles. The normalized spacial score (nSPS) is 11.4. The number of ether oxygens (including phenoxy) is 2. The van der Waals surface area contributed by atoms with Gasteiger partial charge in [-0.3, -0.25) is 4.99 Å². The molecule has 0 aliphatic heterocycles. The molecule has 0 atom stereocenters. The smallest absolute Gasteiger partial charge is 0.191 e. The number of benzene rings is 2. The second-order valence-electron chi connectivity index (χ2n) is 6.55. The van der Waals surface area contributed by atoms with Crippen molar-refractivity contribution in [3.8, 4) is 0 Å². The van der Waals surface area contributed by atoms with E-state index in [0.29, 0.717) is 13.2 Å². The third-order valence-electron chi connectivity index (χ3n) is 4.27. The third kappa shape index (κ3) is 9.02. The summed E-state index contributed by atoms with van der Waals surface area (Å²) in [6.07, 6.45) is 2.12. The van der Waals surface area contributed by atoms with E-state index in [1.807, 2.05) is 25.1 Å². The molecule has 2 aromatic carbocycles. The van der Waals surface area contributed by atoms with Crippen LogP contribution in [0.5, 0.6) is 0 Å². The lowest BCUT2D eigenvalue weighted by Crippen LogP contribution is -2.37. The average Bonchev–Trinajstić information content (AvgIpc) is 2.74. The summed E-state index contributed by atoms with van der Waals surface area (Å²) < 4.78 is 11.2. The van der Waals surface area contributed by atoms with Crippen molar-refractivity contribution in [1.29, 1.82) is 0 Å². The van der Waals surface area contributed by atoms with Crippen LogP contribution in [0, 0.1) is 0 Å². The van der Waals surface area contributed by atoms with Crippen molar-refractivity contribution in [2.45, 2.75) is 39.5 Å². The fraction of sp³-hybridized carbons (Fsp3) is 0.435. The molecule has 0 saturated carbocycles. The van der Waals surface area contributed by atoms with Crippen LogP contribution < -0.4 is 10.6 Å². The quantitative estimate of drug-likeness (QED) is 0.332. The zero-order chi connectivity index (χ0) is 19.9. The maximum absolute atomic E-state index is 5.83. The molecule has 5 heteroatoms. The SMILES string of the molecule is CCOCCCCNC(=NC)NCc1cccc(COCc2ccccc2)c1. The third-order valence-corrected chi connectivity index (χ3v) is 4.27. The molecule has 5 nitrogen and oxygen atoms in total. The Morgan fingerprint density at radius 2 is 1.61 bits per heavy atom. The minimum atomic E-state index is 0.607. The summed E-state index contributed by atoms with van der Waals surface area (Å²) in [5.41, 5.74) is 3.57. The molecule has 0 aromatic heterocycles. The Bertz CT molecular complexity index is 689. The summed E-state index contributed by atoms with van der Waals surface area (Å²) in [7, 11) is 1.80. The number of guanidine groups is 1. The standard InChI is InChI=1S/C23H33N3O2/c1-3-27-15-8-7-14-25-23(24-2)26-17-21-12-9-13-22(16-21)19-28-18-20-10-5-4-6-11-20/h4-6,9-13,16H,3,7-8,14-15,17-19H2,1-2H3,(H2,24,25,26). The first-order chi connectivity index (χ1) is 13.8. The second-order valence-corrected chi connectivity index (χ2v) is 6.55. The minimum Gasteiger partial charge on any atom is -0.382 e. The van der Waals surface area contributed by atoms with Gasteiger partial charge in [0.05, 0.1) is 13.2 Å². The lowest BCUT2D eigenvalue weighted by atomic mass is 10.1. The van der Waals surface area contributed by atoms with Gasteiger partial charge in [0.15, 0.2) is 5.96 Å². The molecule has 28 heavy (non-hydrogen) atoms. The summed E-state index contributed by atoms with van der Waals surface area (Å²) in [4.78, 5) is 4.28. The van der Waals surface area contributed by atoms with E-state index in [0.717, 1.165) is 45.1 Å². The molecule has 0 unspecified atom stereocenters. The largest absolute Gasteiger partial charge is 0.382 e. The maximum atomic E-state index is 5.83. The van der Waals surface area contributed by atoms with Crippen LogP contribution in [0.15, 0.2) is 59.6 Å². The van der Waals surface area contributed by atoms with Gasteiger partial charge in [-0.05, 0) is 36.5 Å².